The van der Waals surface area contributed by atoms with Gasteiger partial charge in [0.15, 0.2) is 0 Å². The van der Waals surface area contributed by atoms with Crippen LogP contribution in [0.3, 0.4) is 0 Å². The molecule has 17 heavy (non-hydrogen) atoms. The van der Waals surface area contributed by atoms with Crippen LogP contribution in [-0.2, 0) is 21.9 Å². The second-order valence-corrected chi connectivity index (χ2v) is 5.73. The number of benzene rings is 1. The molecule has 0 radical (unpaired) electrons. The summed E-state index contributed by atoms with van der Waals surface area (Å²) in [6.07, 6.45) is 0.118. The minimum absolute atomic E-state index is 0.290. The van der Waals surface area contributed by atoms with E-state index in [9.17, 15) is 9.36 Å². The number of aliphatic carboxylic acids is 1. The van der Waals surface area contributed by atoms with Gasteiger partial charge >= 0.3 is 13.6 Å². The fraction of sp³-hybridized carbons (Fsp3) is 0.364. The van der Waals surface area contributed by atoms with E-state index in [1.54, 1.807) is 31.2 Å². The minimum Gasteiger partial charge on any atom is -0.481 e. The first-order valence-corrected chi connectivity index (χ1v) is 6.93. The fourth-order valence-electron chi connectivity index (χ4n) is 1.46. The molecule has 94 valence electrons. The molecule has 0 aliphatic heterocycles. The lowest BCUT2D eigenvalue weighted by Gasteiger charge is -2.08. The Morgan fingerprint density at radius 2 is 1.71 bits per heavy atom. The van der Waals surface area contributed by atoms with Gasteiger partial charge in [-0.15, -0.1) is 0 Å². The average molecular weight is 258 g/mol. The van der Waals surface area contributed by atoms with Crippen LogP contribution in [-0.4, -0.2) is 20.9 Å². The van der Waals surface area contributed by atoms with Crippen LogP contribution in [0.25, 0.3) is 0 Å². The summed E-state index contributed by atoms with van der Waals surface area (Å²) in [5.74, 6) is -1.33. The first-order valence-electron chi connectivity index (χ1n) is 5.13. The van der Waals surface area contributed by atoms with Gasteiger partial charge in [0.05, 0.1) is 12.1 Å². The van der Waals surface area contributed by atoms with Crippen LogP contribution < -0.4 is 0 Å². The number of carboxylic acid groups (broad SMARTS) is 1. The van der Waals surface area contributed by atoms with Crippen molar-refractivity contribution >= 4 is 13.6 Å². The number of carboxylic acids is 1. The maximum atomic E-state index is 10.8. The molecule has 0 saturated heterocycles. The molecule has 1 aromatic rings. The van der Waals surface area contributed by atoms with Crippen molar-refractivity contribution in [1.29, 1.82) is 0 Å². The third kappa shape index (κ3) is 5.13. The molecular weight excluding hydrogens is 243 g/mol. The van der Waals surface area contributed by atoms with E-state index >= 15 is 0 Å². The van der Waals surface area contributed by atoms with Gasteiger partial charge in [0.2, 0.25) is 0 Å². The van der Waals surface area contributed by atoms with E-state index in [-0.39, 0.29) is 6.16 Å². The van der Waals surface area contributed by atoms with E-state index in [1.807, 2.05) is 0 Å². The highest BCUT2D eigenvalue weighted by molar-refractivity contribution is 7.50. The summed E-state index contributed by atoms with van der Waals surface area (Å²) in [6, 6.07) is 6.63. The Morgan fingerprint density at radius 3 is 2.12 bits per heavy atom. The van der Waals surface area contributed by atoms with Crippen molar-refractivity contribution in [2.24, 2.45) is 5.92 Å². The van der Waals surface area contributed by atoms with Crippen LogP contribution in [0, 0.1) is 5.92 Å². The molecule has 0 saturated carbocycles. The Hall–Kier alpha value is -1.16. The number of hydrogen-bond acceptors (Lipinski definition) is 2. The van der Waals surface area contributed by atoms with Crippen LogP contribution in [0.4, 0.5) is 0 Å². The van der Waals surface area contributed by atoms with Crippen molar-refractivity contribution in [1.82, 2.24) is 0 Å². The highest BCUT2D eigenvalue weighted by atomic mass is 31.2. The van der Waals surface area contributed by atoms with Crippen molar-refractivity contribution in [3.63, 3.8) is 0 Å². The van der Waals surface area contributed by atoms with Crippen molar-refractivity contribution in [3.05, 3.63) is 35.4 Å². The monoisotopic (exact) mass is 258 g/mol. The van der Waals surface area contributed by atoms with Gasteiger partial charge in [0.1, 0.15) is 0 Å². The van der Waals surface area contributed by atoms with Crippen LogP contribution >= 0.6 is 7.60 Å². The molecule has 0 amide bonds. The topological polar surface area (TPSA) is 94.8 Å². The summed E-state index contributed by atoms with van der Waals surface area (Å²) in [7, 11) is -4.04. The van der Waals surface area contributed by atoms with E-state index in [4.69, 9.17) is 14.9 Å². The minimum atomic E-state index is -4.04. The van der Waals surface area contributed by atoms with Gasteiger partial charge in [-0.3, -0.25) is 9.36 Å². The summed E-state index contributed by atoms with van der Waals surface area (Å²) in [4.78, 5) is 28.2. The first-order chi connectivity index (χ1) is 7.78. The van der Waals surface area contributed by atoms with Crippen LogP contribution in [0.2, 0.25) is 0 Å². The molecule has 1 aromatic carbocycles. The van der Waals surface area contributed by atoms with Gasteiger partial charge < -0.3 is 14.9 Å². The highest BCUT2D eigenvalue weighted by Crippen LogP contribution is 2.38. The molecule has 0 heterocycles. The number of rotatable bonds is 5. The second-order valence-electron chi connectivity index (χ2n) is 4.08. The molecule has 0 bridgehead atoms. The van der Waals surface area contributed by atoms with Crippen LogP contribution in [0.15, 0.2) is 24.3 Å². The predicted molar refractivity (Wildman–Crippen MR) is 62.7 cm³/mol. The second kappa shape index (κ2) is 5.45. The lowest BCUT2D eigenvalue weighted by molar-refractivity contribution is -0.141. The first kappa shape index (κ1) is 13.9. The lowest BCUT2D eigenvalue weighted by Crippen LogP contribution is -2.12. The highest BCUT2D eigenvalue weighted by Gasteiger charge is 2.14. The Bertz CT molecular complexity index is 434. The standard InChI is InChI=1S/C11H15O5P/c1-8(11(12)13)6-9-2-4-10(5-3-9)7-17(14,15)16/h2-5,8H,6-7H2,1H3,(H,12,13)(H2,14,15,16)/t8-/m0/s1. The summed E-state index contributed by atoms with van der Waals surface area (Å²) >= 11 is 0. The molecule has 1 rings (SSSR count). The van der Waals surface area contributed by atoms with Gasteiger partial charge in [-0.05, 0) is 17.5 Å². The zero-order valence-electron chi connectivity index (χ0n) is 9.41. The summed E-state index contributed by atoms with van der Waals surface area (Å²) in [5.41, 5.74) is 1.39. The zero-order valence-corrected chi connectivity index (χ0v) is 10.3. The molecule has 0 spiro atoms. The van der Waals surface area contributed by atoms with Gasteiger partial charge in [0.25, 0.3) is 0 Å². The molecular formula is C11H15O5P. The quantitative estimate of drug-likeness (QED) is 0.698. The number of carbonyl (C=O) groups is 1. The Balaban J connectivity index is 2.68. The summed E-state index contributed by atoms with van der Waals surface area (Å²) in [6.45, 7) is 1.62. The Kier molecular flexibility index (Phi) is 4.46. The van der Waals surface area contributed by atoms with Crippen molar-refractivity contribution in [2.45, 2.75) is 19.5 Å². The van der Waals surface area contributed by atoms with Crippen LogP contribution in [0.5, 0.6) is 0 Å². The van der Waals surface area contributed by atoms with E-state index in [1.165, 1.54) is 0 Å². The van der Waals surface area contributed by atoms with Crippen molar-refractivity contribution < 1.29 is 24.3 Å². The molecule has 0 aliphatic rings. The third-order valence-electron chi connectivity index (χ3n) is 2.37. The summed E-state index contributed by atoms with van der Waals surface area (Å²) < 4.78 is 10.8. The lowest BCUT2D eigenvalue weighted by atomic mass is 10.0. The number of hydrogen-bond donors (Lipinski definition) is 3. The SMILES string of the molecule is C[C@@H](Cc1ccc(CP(=O)(O)O)cc1)C(=O)O. The average Bonchev–Trinajstić information content (AvgIpc) is 2.18. The van der Waals surface area contributed by atoms with Gasteiger partial charge in [0, 0.05) is 0 Å². The van der Waals surface area contributed by atoms with E-state index in [2.05, 4.69) is 0 Å². The van der Waals surface area contributed by atoms with Gasteiger partial charge in [-0.1, -0.05) is 31.2 Å². The maximum absolute atomic E-state index is 10.8. The predicted octanol–water partition coefficient (Wildman–Crippen LogP) is 1.63. The third-order valence-corrected chi connectivity index (χ3v) is 3.15. The Morgan fingerprint density at radius 1 is 1.24 bits per heavy atom. The smallest absolute Gasteiger partial charge is 0.329 e. The van der Waals surface area contributed by atoms with Crippen molar-refractivity contribution in [2.75, 3.05) is 0 Å². The van der Waals surface area contributed by atoms with E-state index in [0.29, 0.717) is 12.0 Å². The van der Waals surface area contributed by atoms with Crippen molar-refractivity contribution in [3.8, 4) is 0 Å². The molecule has 0 fully saturated rings. The van der Waals surface area contributed by atoms with Crippen LogP contribution in [0.1, 0.15) is 18.1 Å². The zero-order chi connectivity index (χ0) is 13.1. The molecule has 3 N–H and O–H groups in total. The van der Waals surface area contributed by atoms with Gasteiger partial charge in [-0.2, -0.15) is 0 Å². The van der Waals surface area contributed by atoms with E-state index in [0.717, 1.165) is 5.56 Å². The normalized spacial score (nSPS) is 13.4. The largest absolute Gasteiger partial charge is 0.481 e. The maximum Gasteiger partial charge on any atom is 0.329 e. The van der Waals surface area contributed by atoms with Gasteiger partial charge in [-0.25, -0.2) is 0 Å². The molecule has 6 heteroatoms. The molecule has 1 atom stereocenters. The molecule has 0 aliphatic carbocycles. The molecule has 5 nitrogen and oxygen atoms in total. The molecule has 0 aromatic heterocycles. The Labute approximate surface area is 99.3 Å². The summed E-state index contributed by atoms with van der Waals surface area (Å²) in [5, 5.41) is 8.75. The fourth-order valence-corrected chi connectivity index (χ4v) is 2.15. The molecule has 0 unspecified atom stereocenters. The van der Waals surface area contributed by atoms with E-state index < -0.39 is 19.5 Å².